The molecule has 0 atom stereocenters. The molecular formula is C25H24ClN7O. The van der Waals surface area contributed by atoms with Crippen molar-refractivity contribution < 1.29 is 4.74 Å². The van der Waals surface area contributed by atoms with Crippen LogP contribution < -0.4 is 10.1 Å². The van der Waals surface area contributed by atoms with Gasteiger partial charge in [-0.2, -0.15) is 0 Å². The largest absolute Gasteiger partial charge is 0.481 e. The van der Waals surface area contributed by atoms with E-state index in [0.717, 1.165) is 51.2 Å². The summed E-state index contributed by atoms with van der Waals surface area (Å²) < 4.78 is 5.20. The van der Waals surface area contributed by atoms with Crippen LogP contribution in [0, 0.1) is 0 Å². The highest BCUT2D eigenvalue weighted by Crippen LogP contribution is 2.36. The van der Waals surface area contributed by atoms with Crippen LogP contribution in [0.3, 0.4) is 0 Å². The lowest BCUT2D eigenvalue weighted by molar-refractivity contribution is 0.398. The number of halogens is 1. The molecule has 0 aliphatic heterocycles. The highest BCUT2D eigenvalue weighted by molar-refractivity contribution is 6.49. The van der Waals surface area contributed by atoms with E-state index in [0.29, 0.717) is 17.5 Å². The van der Waals surface area contributed by atoms with Gasteiger partial charge in [0, 0.05) is 58.3 Å². The Morgan fingerprint density at radius 2 is 1.88 bits per heavy atom. The van der Waals surface area contributed by atoms with Crippen LogP contribution in [0.15, 0.2) is 48.9 Å². The van der Waals surface area contributed by atoms with Gasteiger partial charge in [-0.3, -0.25) is 4.98 Å². The Labute approximate surface area is 202 Å². The van der Waals surface area contributed by atoms with Gasteiger partial charge in [-0.05, 0) is 18.2 Å². The first-order chi connectivity index (χ1) is 16.3. The van der Waals surface area contributed by atoms with Crippen LogP contribution in [0.1, 0.15) is 37.9 Å². The molecule has 9 heteroatoms. The van der Waals surface area contributed by atoms with Crippen molar-refractivity contribution in [2.45, 2.75) is 32.6 Å². The molecule has 4 aromatic rings. The highest BCUT2D eigenvalue weighted by atomic mass is 35.5. The molecule has 0 fully saturated rings. The molecule has 0 saturated heterocycles. The van der Waals surface area contributed by atoms with E-state index >= 15 is 0 Å². The predicted octanol–water partition coefficient (Wildman–Crippen LogP) is 5.51. The van der Waals surface area contributed by atoms with Crippen LogP contribution >= 0.6 is 11.6 Å². The number of fused-ring (bicyclic) bond motifs is 1. The molecule has 0 radical (unpaired) electrons. The van der Waals surface area contributed by atoms with E-state index in [1.165, 1.54) is 0 Å². The molecule has 4 aromatic heterocycles. The van der Waals surface area contributed by atoms with Crippen LogP contribution in [0.25, 0.3) is 27.7 Å². The van der Waals surface area contributed by atoms with E-state index in [9.17, 15) is 0 Å². The Morgan fingerprint density at radius 1 is 1.06 bits per heavy atom. The molecule has 1 aliphatic rings. The van der Waals surface area contributed by atoms with Gasteiger partial charge in [-0.1, -0.05) is 38.4 Å². The number of aromatic amines is 1. The van der Waals surface area contributed by atoms with E-state index < -0.39 is 0 Å². The van der Waals surface area contributed by atoms with Gasteiger partial charge in [0.1, 0.15) is 5.82 Å². The number of imidazole rings is 1. The van der Waals surface area contributed by atoms with Gasteiger partial charge in [0.15, 0.2) is 0 Å². The number of hydrogen-bond acceptors (Lipinski definition) is 7. The second-order valence-electron chi connectivity index (χ2n) is 9.01. The van der Waals surface area contributed by atoms with Crippen molar-refractivity contribution in [2.24, 2.45) is 0 Å². The van der Waals surface area contributed by atoms with Crippen LogP contribution in [0.4, 0.5) is 11.6 Å². The van der Waals surface area contributed by atoms with Crippen LogP contribution in [0.5, 0.6) is 5.88 Å². The molecule has 5 rings (SSSR count). The molecule has 4 heterocycles. The predicted molar refractivity (Wildman–Crippen MR) is 133 cm³/mol. The van der Waals surface area contributed by atoms with Crippen LogP contribution in [0.2, 0.25) is 0 Å². The number of H-pyrrole nitrogens is 1. The number of rotatable bonds is 5. The summed E-state index contributed by atoms with van der Waals surface area (Å²) in [7, 11) is 1.58. The number of anilines is 2. The number of allylic oxidation sites excluding steroid dienone is 1. The Morgan fingerprint density at radius 3 is 2.68 bits per heavy atom. The van der Waals surface area contributed by atoms with Crippen molar-refractivity contribution >= 4 is 28.3 Å². The molecule has 172 valence electrons. The first-order valence-corrected chi connectivity index (χ1v) is 11.3. The fourth-order valence-electron chi connectivity index (χ4n) is 3.70. The zero-order chi connectivity index (χ0) is 23.9. The van der Waals surface area contributed by atoms with Crippen LogP contribution in [-0.2, 0) is 11.8 Å². The molecular weight excluding hydrogens is 450 g/mol. The zero-order valence-electron chi connectivity index (χ0n) is 19.3. The summed E-state index contributed by atoms with van der Waals surface area (Å²) in [5.74, 6) is 1.80. The quantitative estimate of drug-likeness (QED) is 0.394. The topological polar surface area (TPSA) is 102 Å². The average Bonchev–Trinajstić information content (AvgIpc) is 3.44. The molecule has 8 nitrogen and oxygen atoms in total. The van der Waals surface area contributed by atoms with E-state index in [-0.39, 0.29) is 5.41 Å². The normalized spacial score (nSPS) is 12.9. The minimum Gasteiger partial charge on any atom is -0.481 e. The fourth-order valence-corrected chi connectivity index (χ4v) is 3.94. The first kappa shape index (κ1) is 22.0. The minimum absolute atomic E-state index is 0.184. The van der Waals surface area contributed by atoms with E-state index in [1.54, 1.807) is 25.6 Å². The Balaban J connectivity index is 1.57. The zero-order valence-corrected chi connectivity index (χ0v) is 20.1. The van der Waals surface area contributed by atoms with Crippen molar-refractivity contribution in [1.29, 1.82) is 0 Å². The van der Waals surface area contributed by atoms with Gasteiger partial charge < -0.3 is 15.0 Å². The molecule has 0 spiro atoms. The maximum absolute atomic E-state index is 6.41. The summed E-state index contributed by atoms with van der Waals surface area (Å²) in [6, 6.07) is 7.51. The third-order valence-electron chi connectivity index (χ3n) is 5.50. The molecule has 0 unspecified atom stereocenters. The smallest absolute Gasteiger partial charge is 0.227 e. The summed E-state index contributed by atoms with van der Waals surface area (Å²) >= 11 is 6.41. The molecule has 0 saturated carbocycles. The van der Waals surface area contributed by atoms with Gasteiger partial charge in [-0.25, -0.2) is 19.9 Å². The number of methoxy groups -OCH3 is 1. The van der Waals surface area contributed by atoms with Crippen molar-refractivity contribution in [2.75, 3.05) is 12.4 Å². The minimum atomic E-state index is -0.184. The summed E-state index contributed by atoms with van der Waals surface area (Å²) in [6.45, 7) is 6.34. The number of pyridine rings is 2. The fraction of sp³-hybridized carbons (Fsp3) is 0.240. The monoisotopic (exact) mass is 473 g/mol. The van der Waals surface area contributed by atoms with Gasteiger partial charge >= 0.3 is 0 Å². The van der Waals surface area contributed by atoms with E-state index in [4.69, 9.17) is 26.3 Å². The lowest BCUT2D eigenvalue weighted by Crippen LogP contribution is -2.13. The number of nitrogens with zero attached hydrogens (tertiary/aromatic N) is 5. The Hall–Kier alpha value is -3.78. The molecule has 0 bridgehead atoms. The SMILES string of the molecule is COc1cc(Nc2nccc(-c3[nH]c(C(C)(C)C)nc3-c3cnc4c(c3)C(Cl)=CC4)n2)ccn1. The second kappa shape index (κ2) is 8.53. The maximum atomic E-state index is 6.41. The molecule has 0 aromatic carbocycles. The number of nitrogens with one attached hydrogen (secondary N) is 2. The lowest BCUT2D eigenvalue weighted by Gasteiger charge is -2.14. The number of hydrogen-bond donors (Lipinski definition) is 2. The highest BCUT2D eigenvalue weighted by Gasteiger charge is 2.24. The van der Waals surface area contributed by atoms with E-state index in [1.807, 2.05) is 30.5 Å². The number of aromatic nitrogens is 6. The van der Waals surface area contributed by atoms with Crippen molar-refractivity contribution in [3.8, 4) is 28.5 Å². The van der Waals surface area contributed by atoms with Crippen molar-refractivity contribution in [1.82, 2.24) is 29.9 Å². The van der Waals surface area contributed by atoms with Crippen molar-refractivity contribution in [3.63, 3.8) is 0 Å². The van der Waals surface area contributed by atoms with Gasteiger partial charge in [0.2, 0.25) is 11.8 Å². The van der Waals surface area contributed by atoms with Gasteiger partial charge in [0.25, 0.3) is 0 Å². The molecule has 34 heavy (non-hydrogen) atoms. The number of ether oxygens (including phenoxy) is 1. The maximum Gasteiger partial charge on any atom is 0.227 e. The summed E-state index contributed by atoms with van der Waals surface area (Å²) in [6.07, 6.45) is 7.94. The summed E-state index contributed by atoms with van der Waals surface area (Å²) in [5, 5.41) is 3.93. The van der Waals surface area contributed by atoms with Crippen LogP contribution in [-0.4, -0.2) is 37.0 Å². The standard InChI is InChI=1S/C25H24ClN7O/c1-25(2,3)23-32-21(14-11-16-17(26)5-6-18(16)29-13-14)22(33-23)19-8-10-28-24(31-19)30-15-7-9-27-20(12-15)34-4/h5,7-13H,6H2,1-4H3,(H,32,33)(H,27,28,30,31). The van der Waals surface area contributed by atoms with E-state index in [2.05, 4.69) is 46.0 Å². The van der Waals surface area contributed by atoms with Crippen molar-refractivity contribution in [3.05, 3.63) is 66.0 Å². The molecule has 2 N–H and O–H groups in total. The molecule has 1 aliphatic carbocycles. The third-order valence-corrected chi connectivity index (χ3v) is 5.86. The Bertz CT molecular complexity index is 1400. The first-order valence-electron chi connectivity index (χ1n) is 10.9. The molecule has 0 amide bonds. The third kappa shape index (κ3) is 4.24. The lowest BCUT2D eigenvalue weighted by atomic mass is 9.96. The summed E-state index contributed by atoms with van der Waals surface area (Å²) in [4.78, 5) is 26.3. The van der Waals surface area contributed by atoms with Gasteiger partial charge in [-0.15, -0.1) is 0 Å². The van der Waals surface area contributed by atoms with Gasteiger partial charge in [0.05, 0.1) is 29.9 Å². The average molecular weight is 474 g/mol. The second-order valence-corrected chi connectivity index (χ2v) is 9.42. The summed E-state index contributed by atoms with van der Waals surface area (Å²) in [5.41, 5.74) is 5.66. The Kier molecular flexibility index (Phi) is 5.53.